The number of carboxylic acid groups (broad SMARTS) is 1. The van der Waals surface area contributed by atoms with Crippen molar-refractivity contribution in [2.24, 2.45) is 0 Å². The Hall–Kier alpha value is -3.39. The maximum absolute atomic E-state index is 13.0. The number of ether oxygens (including phenoxy) is 2. The first kappa shape index (κ1) is 22.8. The topological polar surface area (TPSA) is 72.1 Å². The molecule has 6 nitrogen and oxygen atoms in total. The van der Waals surface area contributed by atoms with E-state index in [1.54, 1.807) is 12.1 Å². The van der Waals surface area contributed by atoms with Gasteiger partial charge < -0.3 is 19.0 Å². The molecular weight excluding hydrogens is 432 g/mol. The predicted octanol–water partition coefficient (Wildman–Crippen LogP) is 5.00. The van der Waals surface area contributed by atoms with Gasteiger partial charge >= 0.3 is 12.1 Å². The predicted molar refractivity (Wildman–Crippen MR) is 118 cm³/mol. The van der Waals surface area contributed by atoms with Crippen LogP contribution in [0.1, 0.15) is 23.8 Å². The molecule has 3 aromatic rings. The minimum absolute atomic E-state index is 0.0960. The van der Waals surface area contributed by atoms with E-state index in [2.05, 4.69) is 9.64 Å². The number of carbonyl (C=O) groups is 1. The van der Waals surface area contributed by atoms with E-state index in [1.165, 1.54) is 23.3 Å². The van der Waals surface area contributed by atoms with E-state index < -0.39 is 12.1 Å². The smallest absolute Gasteiger partial charge is 0.394 e. The molecule has 1 aromatic heterocycles. The third-order valence-corrected chi connectivity index (χ3v) is 5.41. The van der Waals surface area contributed by atoms with Crippen LogP contribution in [0.2, 0.25) is 0 Å². The van der Waals surface area contributed by atoms with Crippen molar-refractivity contribution in [1.29, 1.82) is 0 Å². The molecule has 0 radical (unpaired) electrons. The standard InChI is InChI=1S/C25H25F2NO5/c1-25(26,27)33-20-5-3-18(4-6-20)23-9-8-22(32-23)15-28-12-10-17-2-7-21(31-16-24(29)30)14-19(17)11-13-28/h2-9,14H,10-13,15-16H2,1H3,(H,29,30). The summed E-state index contributed by atoms with van der Waals surface area (Å²) in [6.45, 7) is 2.71. The average molecular weight is 457 g/mol. The van der Waals surface area contributed by atoms with Gasteiger partial charge in [-0.2, -0.15) is 8.78 Å². The highest BCUT2D eigenvalue weighted by Gasteiger charge is 2.23. The summed E-state index contributed by atoms with van der Waals surface area (Å²) in [5, 5.41) is 8.79. The zero-order valence-corrected chi connectivity index (χ0v) is 18.2. The Kier molecular flexibility index (Phi) is 6.65. The average Bonchev–Trinajstić information content (AvgIpc) is 3.13. The Morgan fingerprint density at radius 3 is 2.42 bits per heavy atom. The lowest BCUT2D eigenvalue weighted by molar-refractivity contribution is -0.159. The molecule has 1 N–H and O–H groups in total. The molecule has 0 spiro atoms. The highest BCUT2D eigenvalue weighted by atomic mass is 19.3. The zero-order valence-electron chi connectivity index (χ0n) is 18.2. The number of nitrogens with zero attached hydrogens (tertiary/aromatic N) is 1. The van der Waals surface area contributed by atoms with Crippen LogP contribution in [0.4, 0.5) is 8.78 Å². The first-order valence-electron chi connectivity index (χ1n) is 10.7. The molecule has 8 heteroatoms. The van der Waals surface area contributed by atoms with Crippen molar-refractivity contribution in [2.45, 2.75) is 32.4 Å². The van der Waals surface area contributed by atoms with Crippen molar-refractivity contribution in [3.05, 3.63) is 71.5 Å². The van der Waals surface area contributed by atoms with Crippen molar-refractivity contribution in [1.82, 2.24) is 4.90 Å². The van der Waals surface area contributed by atoms with Crippen LogP contribution in [0.3, 0.4) is 0 Å². The number of hydrogen-bond donors (Lipinski definition) is 1. The first-order chi connectivity index (χ1) is 15.7. The van der Waals surface area contributed by atoms with Crippen molar-refractivity contribution in [3.63, 3.8) is 0 Å². The van der Waals surface area contributed by atoms with Gasteiger partial charge in [0.1, 0.15) is 23.0 Å². The van der Waals surface area contributed by atoms with E-state index in [9.17, 15) is 13.6 Å². The van der Waals surface area contributed by atoms with Crippen molar-refractivity contribution in [2.75, 3.05) is 19.7 Å². The zero-order chi connectivity index (χ0) is 23.4. The monoisotopic (exact) mass is 457 g/mol. The minimum atomic E-state index is -3.22. The summed E-state index contributed by atoms with van der Waals surface area (Å²) in [5.41, 5.74) is 3.19. The third kappa shape index (κ3) is 6.32. The molecule has 0 bridgehead atoms. The van der Waals surface area contributed by atoms with Crippen LogP contribution >= 0.6 is 0 Å². The molecule has 33 heavy (non-hydrogen) atoms. The van der Waals surface area contributed by atoms with Crippen LogP contribution in [0.5, 0.6) is 11.5 Å². The summed E-state index contributed by atoms with van der Waals surface area (Å²) in [6.07, 6.45) is -1.51. The number of rotatable bonds is 8. The van der Waals surface area contributed by atoms with Crippen molar-refractivity contribution < 1.29 is 32.6 Å². The van der Waals surface area contributed by atoms with Crippen LogP contribution in [0.15, 0.2) is 59.0 Å². The fourth-order valence-corrected chi connectivity index (χ4v) is 3.87. The summed E-state index contributed by atoms with van der Waals surface area (Å²) in [4.78, 5) is 13.0. The van der Waals surface area contributed by atoms with E-state index in [1.807, 2.05) is 30.3 Å². The number of fused-ring (bicyclic) bond motifs is 1. The summed E-state index contributed by atoms with van der Waals surface area (Å²) in [6, 6.07) is 15.9. The van der Waals surface area contributed by atoms with Gasteiger partial charge in [-0.25, -0.2) is 4.79 Å². The Balaban J connectivity index is 1.36. The van der Waals surface area contributed by atoms with Gasteiger partial charge in [0, 0.05) is 25.6 Å². The molecule has 2 heterocycles. The lowest BCUT2D eigenvalue weighted by atomic mass is 10.0. The van der Waals surface area contributed by atoms with Gasteiger partial charge in [-0.1, -0.05) is 6.07 Å². The minimum Gasteiger partial charge on any atom is -0.482 e. The number of benzene rings is 2. The van der Waals surface area contributed by atoms with E-state index in [0.29, 0.717) is 25.0 Å². The van der Waals surface area contributed by atoms with Crippen LogP contribution in [0.25, 0.3) is 11.3 Å². The summed E-state index contributed by atoms with van der Waals surface area (Å²) >= 11 is 0. The number of hydrogen-bond acceptors (Lipinski definition) is 5. The van der Waals surface area contributed by atoms with Crippen LogP contribution < -0.4 is 9.47 Å². The van der Waals surface area contributed by atoms with Crippen LogP contribution in [0, 0.1) is 0 Å². The third-order valence-electron chi connectivity index (χ3n) is 5.41. The first-order valence-corrected chi connectivity index (χ1v) is 10.7. The number of alkyl halides is 2. The van der Waals surface area contributed by atoms with Gasteiger partial charge in [-0.15, -0.1) is 0 Å². The Labute approximate surface area is 190 Å². The number of halogens is 2. The van der Waals surface area contributed by atoms with Crippen LogP contribution in [-0.4, -0.2) is 41.8 Å². The molecular formula is C25H25F2NO5. The number of carboxylic acids is 1. The van der Waals surface area contributed by atoms with Gasteiger partial charge in [0.05, 0.1) is 6.54 Å². The Morgan fingerprint density at radius 2 is 1.73 bits per heavy atom. The molecule has 174 valence electrons. The summed E-state index contributed by atoms with van der Waals surface area (Å²) in [7, 11) is 0. The molecule has 0 amide bonds. The van der Waals surface area contributed by atoms with Crippen LogP contribution in [-0.2, 0) is 24.2 Å². The van der Waals surface area contributed by atoms with Gasteiger partial charge in [-0.05, 0) is 72.5 Å². The second-order valence-corrected chi connectivity index (χ2v) is 8.09. The molecule has 1 aliphatic rings. The fourth-order valence-electron chi connectivity index (χ4n) is 3.87. The second-order valence-electron chi connectivity index (χ2n) is 8.09. The Morgan fingerprint density at radius 1 is 1.03 bits per heavy atom. The molecule has 1 aliphatic heterocycles. The molecule has 0 fully saturated rings. The normalized spacial score (nSPS) is 14.4. The summed E-state index contributed by atoms with van der Waals surface area (Å²) < 4.78 is 41.8. The molecule has 0 unspecified atom stereocenters. The van der Waals surface area contributed by atoms with Gasteiger partial charge in [0.25, 0.3) is 0 Å². The van der Waals surface area contributed by atoms with E-state index >= 15 is 0 Å². The molecule has 2 aromatic carbocycles. The molecule has 0 saturated heterocycles. The summed E-state index contributed by atoms with van der Waals surface area (Å²) in [5.74, 6) is 1.15. The van der Waals surface area contributed by atoms with Gasteiger partial charge in [0.2, 0.25) is 0 Å². The molecule has 4 rings (SSSR count). The SMILES string of the molecule is CC(F)(F)Oc1ccc(-c2ccc(CN3CCc4ccc(OCC(=O)O)cc4CC3)o2)cc1. The maximum Gasteiger partial charge on any atom is 0.394 e. The molecule has 0 atom stereocenters. The highest BCUT2D eigenvalue weighted by Crippen LogP contribution is 2.28. The largest absolute Gasteiger partial charge is 0.482 e. The van der Waals surface area contributed by atoms with Crippen molar-refractivity contribution in [3.8, 4) is 22.8 Å². The van der Waals surface area contributed by atoms with E-state index in [0.717, 1.165) is 37.3 Å². The molecule has 0 saturated carbocycles. The highest BCUT2D eigenvalue weighted by molar-refractivity contribution is 5.68. The van der Waals surface area contributed by atoms with E-state index in [-0.39, 0.29) is 12.4 Å². The second kappa shape index (κ2) is 9.62. The van der Waals surface area contributed by atoms with Crippen molar-refractivity contribution >= 4 is 5.97 Å². The van der Waals surface area contributed by atoms with Gasteiger partial charge in [-0.3, -0.25) is 4.90 Å². The maximum atomic E-state index is 13.0. The number of aliphatic carboxylic acids is 1. The quantitative estimate of drug-likeness (QED) is 0.513. The Bertz CT molecular complexity index is 1100. The fraction of sp³-hybridized carbons (Fsp3) is 0.320. The van der Waals surface area contributed by atoms with Gasteiger partial charge in [0.15, 0.2) is 6.61 Å². The van der Waals surface area contributed by atoms with E-state index in [4.69, 9.17) is 14.3 Å². The number of furan rings is 1. The molecule has 0 aliphatic carbocycles. The lowest BCUT2D eigenvalue weighted by Crippen LogP contribution is -2.25. The lowest BCUT2D eigenvalue weighted by Gasteiger charge is -2.18.